The molecule has 1 unspecified atom stereocenters. The average molecular weight is 369 g/mol. The molecule has 0 fully saturated rings. The lowest BCUT2D eigenvalue weighted by atomic mass is 9.95. The van der Waals surface area contributed by atoms with Crippen LogP contribution in [0.2, 0.25) is 0 Å². The number of rotatable bonds is 8. The number of hydrogen-bond donors (Lipinski definition) is 1. The molecule has 0 heterocycles. The van der Waals surface area contributed by atoms with Crippen molar-refractivity contribution in [3.05, 3.63) is 59.2 Å². The van der Waals surface area contributed by atoms with Crippen LogP contribution in [0.1, 0.15) is 48.3 Å². The van der Waals surface area contributed by atoms with Gasteiger partial charge in [0.1, 0.15) is 11.5 Å². The highest BCUT2D eigenvalue weighted by atomic mass is 16.5. The van der Waals surface area contributed by atoms with Gasteiger partial charge in [-0.2, -0.15) is 0 Å². The van der Waals surface area contributed by atoms with Gasteiger partial charge in [0.05, 0.1) is 26.7 Å². The summed E-state index contributed by atoms with van der Waals surface area (Å²) < 4.78 is 10.5. The molecule has 1 atom stereocenters. The molecule has 0 radical (unpaired) electrons. The van der Waals surface area contributed by atoms with Crippen LogP contribution in [0.4, 0.5) is 0 Å². The second kappa shape index (κ2) is 9.21. The van der Waals surface area contributed by atoms with Crippen molar-refractivity contribution >= 4 is 11.7 Å². The molecule has 1 N–H and O–H groups in total. The van der Waals surface area contributed by atoms with E-state index in [2.05, 4.69) is 19.2 Å². The first-order chi connectivity index (χ1) is 12.8. The van der Waals surface area contributed by atoms with Gasteiger partial charge in [-0.15, -0.1) is 0 Å². The fraction of sp³-hybridized carbons (Fsp3) is 0.364. The Morgan fingerprint density at radius 1 is 1.00 bits per heavy atom. The summed E-state index contributed by atoms with van der Waals surface area (Å²) in [6.07, 6.45) is 0.143. The molecular weight excluding hydrogens is 342 g/mol. The number of carbonyl (C=O) groups excluding carboxylic acids is 2. The van der Waals surface area contributed by atoms with Gasteiger partial charge in [0, 0.05) is 11.1 Å². The highest BCUT2D eigenvalue weighted by Gasteiger charge is 2.20. The Balaban J connectivity index is 2.18. The minimum Gasteiger partial charge on any atom is -0.497 e. The molecule has 27 heavy (non-hydrogen) atoms. The maximum Gasteiger partial charge on any atom is 0.225 e. The Bertz CT molecular complexity index is 796. The molecule has 0 saturated heterocycles. The minimum absolute atomic E-state index is 0.0439. The molecule has 0 spiro atoms. The van der Waals surface area contributed by atoms with Crippen LogP contribution in [-0.2, 0) is 11.2 Å². The predicted octanol–water partition coefficient (Wildman–Crippen LogP) is 3.96. The van der Waals surface area contributed by atoms with E-state index in [4.69, 9.17) is 9.47 Å². The summed E-state index contributed by atoms with van der Waals surface area (Å²) in [6, 6.07) is 12.7. The van der Waals surface area contributed by atoms with Gasteiger partial charge < -0.3 is 14.8 Å². The van der Waals surface area contributed by atoms with Crippen molar-refractivity contribution in [1.82, 2.24) is 5.32 Å². The van der Waals surface area contributed by atoms with Crippen molar-refractivity contribution in [1.29, 1.82) is 0 Å². The van der Waals surface area contributed by atoms with Gasteiger partial charge in [0.15, 0.2) is 5.78 Å². The van der Waals surface area contributed by atoms with Crippen LogP contribution in [0.3, 0.4) is 0 Å². The van der Waals surface area contributed by atoms with Crippen LogP contribution in [0.5, 0.6) is 11.5 Å². The molecule has 2 aromatic carbocycles. The van der Waals surface area contributed by atoms with Gasteiger partial charge in [-0.25, -0.2) is 0 Å². The number of Topliss-reactive ketones (excluding diaryl/α,β-unsaturated/α-hetero) is 1. The lowest BCUT2D eigenvalue weighted by Gasteiger charge is -2.23. The zero-order valence-electron chi connectivity index (χ0n) is 16.5. The zero-order valence-corrected chi connectivity index (χ0v) is 16.5. The molecule has 0 aliphatic heterocycles. The Morgan fingerprint density at radius 3 is 2.19 bits per heavy atom. The van der Waals surface area contributed by atoms with Crippen molar-refractivity contribution < 1.29 is 19.1 Å². The second-order valence-electron chi connectivity index (χ2n) is 6.82. The molecule has 2 rings (SSSR count). The summed E-state index contributed by atoms with van der Waals surface area (Å²) in [5, 5.41) is 3.10. The number of hydrogen-bond acceptors (Lipinski definition) is 4. The highest BCUT2D eigenvalue weighted by Crippen LogP contribution is 2.25. The Kier molecular flexibility index (Phi) is 6.99. The van der Waals surface area contributed by atoms with E-state index in [1.807, 2.05) is 24.3 Å². The first-order valence-electron chi connectivity index (χ1n) is 8.96. The minimum atomic E-state index is -0.122. The lowest BCUT2D eigenvalue weighted by molar-refractivity contribution is -0.121. The maximum atomic E-state index is 12.7. The molecular formula is C22H27NO4. The van der Waals surface area contributed by atoms with Crippen LogP contribution < -0.4 is 14.8 Å². The Hall–Kier alpha value is -2.82. The van der Waals surface area contributed by atoms with Crippen LogP contribution >= 0.6 is 0 Å². The van der Waals surface area contributed by atoms with Crippen molar-refractivity contribution in [2.75, 3.05) is 14.2 Å². The van der Waals surface area contributed by atoms with E-state index in [1.54, 1.807) is 32.4 Å². The van der Waals surface area contributed by atoms with E-state index in [-0.39, 0.29) is 30.1 Å². The number of carbonyl (C=O) groups is 2. The van der Waals surface area contributed by atoms with Crippen molar-refractivity contribution in [3.8, 4) is 11.5 Å². The molecule has 0 aliphatic carbocycles. The molecule has 0 saturated carbocycles. The van der Waals surface area contributed by atoms with Crippen molar-refractivity contribution in [2.45, 2.75) is 33.2 Å². The van der Waals surface area contributed by atoms with E-state index < -0.39 is 0 Å². The molecule has 0 aliphatic rings. The summed E-state index contributed by atoms with van der Waals surface area (Å²) in [4.78, 5) is 24.3. The molecule has 5 heteroatoms. The molecule has 0 bridgehead atoms. The fourth-order valence-electron chi connectivity index (χ4n) is 2.98. The number of amides is 1. The third-order valence-corrected chi connectivity index (χ3v) is 4.50. The summed E-state index contributed by atoms with van der Waals surface area (Å²) in [6.45, 7) is 5.63. The fourth-order valence-corrected chi connectivity index (χ4v) is 2.98. The van der Waals surface area contributed by atoms with Gasteiger partial charge in [-0.3, -0.25) is 9.59 Å². The van der Waals surface area contributed by atoms with Crippen molar-refractivity contribution in [3.63, 3.8) is 0 Å². The summed E-state index contributed by atoms with van der Waals surface area (Å²) in [5.41, 5.74) is 2.28. The number of methoxy groups -OCH3 is 2. The van der Waals surface area contributed by atoms with E-state index in [1.165, 1.54) is 6.92 Å². The van der Waals surface area contributed by atoms with E-state index >= 15 is 0 Å². The van der Waals surface area contributed by atoms with Crippen LogP contribution in [-0.4, -0.2) is 25.9 Å². The van der Waals surface area contributed by atoms with E-state index in [0.29, 0.717) is 16.9 Å². The average Bonchev–Trinajstić information content (AvgIpc) is 2.66. The van der Waals surface area contributed by atoms with Crippen LogP contribution in [0.15, 0.2) is 42.5 Å². The van der Waals surface area contributed by atoms with E-state index in [0.717, 1.165) is 11.3 Å². The van der Waals surface area contributed by atoms with Gasteiger partial charge in [-0.05, 0) is 48.7 Å². The SMILES string of the molecule is COc1ccc(C(NC(=O)Cc2cc(C(C)=O)ccc2OC)C(C)C)cc1. The Labute approximate surface area is 160 Å². The maximum absolute atomic E-state index is 12.7. The quantitative estimate of drug-likeness (QED) is 0.715. The van der Waals surface area contributed by atoms with Crippen LogP contribution in [0, 0.1) is 5.92 Å². The van der Waals surface area contributed by atoms with Gasteiger partial charge in [0.25, 0.3) is 0 Å². The summed E-state index contributed by atoms with van der Waals surface area (Å²) in [7, 11) is 3.18. The number of benzene rings is 2. The molecule has 5 nitrogen and oxygen atoms in total. The first kappa shape index (κ1) is 20.5. The first-order valence-corrected chi connectivity index (χ1v) is 8.96. The van der Waals surface area contributed by atoms with Gasteiger partial charge in [-0.1, -0.05) is 26.0 Å². The number of nitrogens with one attached hydrogen (secondary N) is 1. The molecule has 0 aromatic heterocycles. The molecule has 144 valence electrons. The third kappa shape index (κ3) is 5.33. The number of ketones is 1. The van der Waals surface area contributed by atoms with Gasteiger partial charge in [0.2, 0.25) is 5.91 Å². The predicted molar refractivity (Wildman–Crippen MR) is 105 cm³/mol. The highest BCUT2D eigenvalue weighted by molar-refractivity contribution is 5.94. The van der Waals surface area contributed by atoms with Gasteiger partial charge >= 0.3 is 0 Å². The Morgan fingerprint density at radius 2 is 1.67 bits per heavy atom. The van der Waals surface area contributed by atoms with Crippen molar-refractivity contribution in [2.24, 2.45) is 5.92 Å². The largest absolute Gasteiger partial charge is 0.497 e. The smallest absolute Gasteiger partial charge is 0.225 e. The monoisotopic (exact) mass is 369 g/mol. The van der Waals surface area contributed by atoms with E-state index in [9.17, 15) is 9.59 Å². The standard InChI is InChI=1S/C22H27NO4/c1-14(2)22(16-6-9-19(26-4)10-7-16)23-21(25)13-18-12-17(15(3)24)8-11-20(18)27-5/h6-12,14,22H,13H2,1-5H3,(H,23,25). The van der Waals surface area contributed by atoms with Crippen LogP contribution in [0.25, 0.3) is 0 Å². The summed E-state index contributed by atoms with van der Waals surface area (Å²) in [5.74, 6) is 1.42. The normalized spacial score (nSPS) is 11.8. The zero-order chi connectivity index (χ0) is 20.0. The number of ether oxygens (including phenoxy) is 2. The topological polar surface area (TPSA) is 64.6 Å². The lowest BCUT2D eigenvalue weighted by Crippen LogP contribution is -2.33. The third-order valence-electron chi connectivity index (χ3n) is 4.50. The molecule has 2 aromatic rings. The second-order valence-corrected chi connectivity index (χ2v) is 6.82. The summed E-state index contributed by atoms with van der Waals surface area (Å²) >= 11 is 0. The molecule has 1 amide bonds.